The Morgan fingerprint density at radius 1 is 1.19 bits per heavy atom. The molecule has 1 N–H and O–H groups in total. The van der Waals surface area contributed by atoms with Gasteiger partial charge in [-0.2, -0.15) is 0 Å². The lowest BCUT2D eigenvalue weighted by Crippen LogP contribution is -2.34. The van der Waals surface area contributed by atoms with Crippen LogP contribution < -0.4 is 5.32 Å². The molecule has 1 aliphatic rings. The van der Waals surface area contributed by atoms with E-state index in [1.54, 1.807) is 0 Å². The molecule has 1 heterocycles. The molecule has 0 radical (unpaired) electrons. The van der Waals surface area contributed by atoms with Crippen molar-refractivity contribution in [1.82, 2.24) is 5.32 Å². The van der Waals surface area contributed by atoms with Crippen molar-refractivity contribution in [1.29, 1.82) is 0 Å². The Labute approximate surface area is 128 Å². The quantitative estimate of drug-likeness (QED) is 0.360. The van der Waals surface area contributed by atoms with Gasteiger partial charge in [0.1, 0.15) is 6.04 Å². The maximum atomic E-state index is 11.6. The van der Waals surface area contributed by atoms with E-state index in [4.69, 9.17) is 4.74 Å². The van der Waals surface area contributed by atoms with Gasteiger partial charge in [-0.15, -0.1) is 0 Å². The molecule has 4 nitrogen and oxygen atoms in total. The zero-order chi connectivity index (χ0) is 15.3. The van der Waals surface area contributed by atoms with E-state index in [-0.39, 0.29) is 11.9 Å². The van der Waals surface area contributed by atoms with Gasteiger partial charge in [0, 0.05) is 6.42 Å². The van der Waals surface area contributed by atoms with Crippen molar-refractivity contribution in [3.8, 4) is 0 Å². The van der Waals surface area contributed by atoms with Crippen molar-refractivity contribution >= 4 is 11.9 Å². The summed E-state index contributed by atoms with van der Waals surface area (Å²) in [7, 11) is 0. The number of ether oxygens (including phenoxy) is 1. The van der Waals surface area contributed by atoms with Crippen LogP contribution in [0.3, 0.4) is 0 Å². The number of carbonyl (C=O) groups is 2. The topological polar surface area (TPSA) is 55.4 Å². The zero-order valence-electron chi connectivity index (χ0n) is 13.2. The Bertz CT molecular complexity index is 339. The summed E-state index contributed by atoms with van der Waals surface area (Å²) in [4.78, 5) is 22.6. The molecule has 120 valence electrons. The molecule has 21 heavy (non-hydrogen) atoms. The van der Waals surface area contributed by atoms with Crippen molar-refractivity contribution < 1.29 is 14.3 Å². The third-order valence-corrected chi connectivity index (χ3v) is 3.66. The smallest absolute Gasteiger partial charge is 0.328 e. The summed E-state index contributed by atoms with van der Waals surface area (Å²) in [6.45, 7) is 2.67. The highest BCUT2D eigenvalue weighted by molar-refractivity contribution is 5.87. The first-order valence-corrected chi connectivity index (χ1v) is 8.35. The van der Waals surface area contributed by atoms with Gasteiger partial charge in [0.05, 0.1) is 6.61 Å². The molecule has 0 aliphatic carbocycles. The lowest BCUT2D eigenvalue weighted by atomic mass is 10.1. The summed E-state index contributed by atoms with van der Waals surface area (Å²) in [5, 5.41) is 2.62. The fraction of sp³-hybridized carbons (Fsp3) is 0.765. The van der Waals surface area contributed by atoms with Crippen LogP contribution in [0.15, 0.2) is 12.2 Å². The minimum absolute atomic E-state index is 0.0510. The number of hydrogen-bond donors (Lipinski definition) is 1. The molecule has 1 atom stereocenters. The first-order valence-electron chi connectivity index (χ1n) is 8.35. The average molecular weight is 295 g/mol. The molecule has 1 fully saturated rings. The highest BCUT2D eigenvalue weighted by Gasteiger charge is 2.28. The molecule has 1 saturated heterocycles. The molecule has 1 aliphatic heterocycles. The standard InChI is InChI=1S/C17H29NO3/c1-2-3-4-5-6-7-8-9-10-11-14-21-17(20)15-12-13-16(19)18-15/h4-5,15H,2-3,6-14H2,1H3,(H,18,19)/b5-4+/t15-/m0/s1. The molecule has 0 spiro atoms. The minimum atomic E-state index is -0.410. The number of allylic oxidation sites excluding steroid dienone is 2. The van der Waals surface area contributed by atoms with Crippen LogP contribution >= 0.6 is 0 Å². The van der Waals surface area contributed by atoms with E-state index in [1.807, 2.05) is 0 Å². The molecule has 0 aromatic heterocycles. The molecule has 0 unspecified atom stereocenters. The normalized spacial score (nSPS) is 18.1. The fourth-order valence-corrected chi connectivity index (χ4v) is 2.36. The summed E-state index contributed by atoms with van der Waals surface area (Å²) < 4.78 is 5.18. The molecule has 1 rings (SSSR count). The monoisotopic (exact) mass is 295 g/mol. The van der Waals surface area contributed by atoms with E-state index in [0.717, 1.165) is 12.8 Å². The van der Waals surface area contributed by atoms with E-state index < -0.39 is 6.04 Å². The largest absolute Gasteiger partial charge is 0.464 e. The Kier molecular flexibility index (Phi) is 9.58. The van der Waals surface area contributed by atoms with Crippen LogP contribution in [0.2, 0.25) is 0 Å². The Morgan fingerprint density at radius 3 is 2.62 bits per heavy atom. The molecular formula is C17H29NO3. The van der Waals surface area contributed by atoms with Crippen LogP contribution in [-0.2, 0) is 14.3 Å². The molecular weight excluding hydrogens is 266 g/mol. The fourth-order valence-electron chi connectivity index (χ4n) is 2.36. The Balaban J connectivity index is 1.86. The van der Waals surface area contributed by atoms with E-state index in [0.29, 0.717) is 19.4 Å². The van der Waals surface area contributed by atoms with Crippen LogP contribution in [0.5, 0.6) is 0 Å². The van der Waals surface area contributed by atoms with Gasteiger partial charge >= 0.3 is 5.97 Å². The van der Waals surface area contributed by atoms with Crippen LogP contribution in [0.1, 0.15) is 71.1 Å². The highest BCUT2D eigenvalue weighted by Crippen LogP contribution is 2.10. The lowest BCUT2D eigenvalue weighted by molar-refractivity contribution is -0.146. The zero-order valence-corrected chi connectivity index (χ0v) is 13.2. The number of esters is 1. The molecule has 0 saturated carbocycles. The third-order valence-electron chi connectivity index (χ3n) is 3.66. The second kappa shape index (κ2) is 11.4. The van der Waals surface area contributed by atoms with Gasteiger partial charge in [0.2, 0.25) is 5.91 Å². The maximum Gasteiger partial charge on any atom is 0.328 e. The van der Waals surface area contributed by atoms with Crippen LogP contribution in [0.4, 0.5) is 0 Å². The van der Waals surface area contributed by atoms with E-state index in [9.17, 15) is 9.59 Å². The van der Waals surface area contributed by atoms with E-state index in [1.165, 1.54) is 38.5 Å². The van der Waals surface area contributed by atoms with Crippen molar-refractivity contribution in [3.63, 3.8) is 0 Å². The first-order chi connectivity index (χ1) is 10.2. The lowest BCUT2D eigenvalue weighted by Gasteiger charge is -2.09. The number of unbranched alkanes of at least 4 members (excludes halogenated alkanes) is 6. The van der Waals surface area contributed by atoms with Crippen molar-refractivity contribution in [2.45, 2.75) is 77.2 Å². The predicted octanol–water partition coefficient (Wildman–Crippen LogP) is 3.51. The summed E-state index contributed by atoms with van der Waals surface area (Å²) in [5.74, 6) is -0.327. The van der Waals surface area contributed by atoms with Crippen molar-refractivity contribution in [2.75, 3.05) is 6.61 Å². The van der Waals surface area contributed by atoms with Gasteiger partial charge in [0.15, 0.2) is 0 Å². The highest BCUT2D eigenvalue weighted by atomic mass is 16.5. The number of rotatable bonds is 11. The minimum Gasteiger partial charge on any atom is -0.464 e. The van der Waals surface area contributed by atoms with Crippen LogP contribution in [0, 0.1) is 0 Å². The number of nitrogens with one attached hydrogen (secondary N) is 1. The SMILES string of the molecule is CCC/C=C/CCCCCCCOC(=O)[C@@H]1CCC(=O)N1. The van der Waals surface area contributed by atoms with E-state index in [2.05, 4.69) is 24.4 Å². The Morgan fingerprint density at radius 2 is 1.90 bits per heavy atom. The Hall–Kier alpha value is -1.32. The van der Waals surface area contributed by atoms with Gasteiger partial charge in [-0.05, 0) is 32.1 Å². The van der Waals surface area contributed by atoms with Crippen molar-refractivity contribution in [3.05, 3.63) is 12.2 Å². The van der Waals surface area contributed by atoms with E-state index >= 15 is 0 Å². The van der Waals surface area contributed by atoms with Crippen LogP contribution in [0.25, 0.3) is 0 Å². The summed E-state index contributed by atoms with van der Waals surface area (Å²) in [6, 6.07) is -0.410. The average Bonchev–Trinajstić information content (AvgIpc) is 2.91. The second-order valence-electron chi connectivity index (χ2n) is 5.64. The number of hydrogen-bond acceptors (Lipinski definition) is 3. The summed E-state index contributed by atoms with van der Waals surface area (Å²) >= 11 is 0. The summed E-state index contributed by atoms with van der Waals surface area (Å²) in [5.41, 5.74) is 0. The van der Waals surface area contributed by atoms with Crippen molar-refractivity contribution in [2.24, 2.45) is 0 Å². The molecule has 4 heteroatoms. The summed E-state index contributed by atoms with van der Waals surface area (Å²) in [6.07, 6.45) is 14.8. The van der Waals surface area contributed by atoms with Gasteiger partial charge in [-0.25, -0.2) is 4.79 Å². The predicted molar refractivity (Wildman–Crippen MR) is 83.9 cm³/mol. The molecule has 1 amide bonds. The first kappa shape index (κ1) is 17.7. The number of carbonyl (C=O) groups excluding carboxylic acids is 2. The molecule has 0 aromatic rings. The van der Waals surface area contributed by atoms with Gasteiger partial charge in [-0.3, -0.25) is 4.79 Å². The number of amides is 1. The maximum absolute atomic E-state index is 11.6. The van der Waals surface area contributed by atoms with Crippen LogP contribution in [-0.4, -0.2) is 24.5 Å². The van der Waals surface area contributed by atoms with Gasteiger partial charge in [0.25, 0.3) is 0 Å². The molecule has 0 aromatic carbocycles. The third kappa shape index (κ3) is 8.53. The van der Waals surface area contributed by atoms with Gasteiger partial charge in [-0.1, -0.05) is 44.8 Å². The molecule has 0 bridgehead atoms. The van der Waals surface area contributed by atoms with Gasteiger partial charge < -0.3 is 10.1 Å². The second-order valence-corrected chi connectivity index (χ2v) is 5.64.